The Morgan fingerprint density at radius 2 is 1.61 bits per heavy atom. The fourth-order valence-electron chi connectivity index (χ4n) is 4.92. The minimum absolute atomic E-state index is 0.155. The number of carbonyl (C=O) groups excluding carboxylic acids is 1. The highest BCUT2D eigenvalue weighted by Crippen LogP contribution is 2.50. The highest BCUT2D eigenvalue weighted by Gasteiger charge is 2.46. The Kier molecular flexibility index (Phi) is 6.91. The van der Waals surface area contributed by atoms with Crippen molar-refractivity contribution in [1.29, 1.82) is 0 Å². The van der Waals surface area contributed by atoms with Crippen LogP contribution < -0.4 is 0 Å². The lowest BCUT2D eigenvalue weighted by Gasteiger charge is -2.44. The molecule has 2 aliphatic carbocycles. The van der Waals surface area contributed by atoms with Gasteiger partial charge in [0.15, 0.2) is 0 Å². The van der Waals surface area contributed by atoms with Gasteiger partial charge in [-0.3, -0.25) is 9.35 Å². The molecular formula is C23H25F3O4S. The second-order valence-electron chi connectivity index (χ2n) is 8.23. The molecule has 1 saturated carbocycles. The summed E-state index contributed by atoms with van der Waals surface area (Å²) in [5.74, 6) is 0.977. The van der Waals surface area contributed by atoms with Crippen LogP contribution in [0.4, 0.5) is 13.2 Å². The third-order valence-electron chi connectivity index (χ3n) is 6.31. The molecule has 1 fully saturated rings. The van der Waals surface area contributed by atoms with E-state index in [1.165, 1.54) is 29.5 Å². The summed E-state index contributed by atoms with van der Waals surface area (Å²) in [6.07, 6.45) is 7.18. The van der Waals surface area contributed by atoms with Gasteiger partial charge in [-0.15, -0.1) is 0 Å². The minimum Gasteiger partial charge on any atom is -0.300 e. The van der Waals surface area contributed by atoms with E-state index in [0.717, 1.165) is 32.1 Å². The summed E-state index contributed by atoms with van der Waals surface area (Å²) < 4.78 is 57.5. The van der Waals surface area contributed by atoms with Crippen molar-refractivity contribution in [2.75, 3.05) is 0 Å². The van der Waals surface area contributed by atoms with Gasteiger partial charge in [-0.1, -0.05) is 54.6 Å². The van der Waals surface area contributed by atoms with E-state index in [9.17, 15) is 18.0 Å². The summed E-state index contributed by atoms with van der Waals surface area (Å²) in [7, 11) is -5.84. The highest BCUT2D eigenvalue weighted by atomic mass is 32.2. The van der Waals surface area contributed by atoms with E-state index in [1.807, 2.05) is 0 Å². The van der Waals surface area contributed by atoms with E-state index >= 15 is 0 Å². The number of Topliss-reactive ketones (excluding diaryl/α,β-unsaturated/α-hetero) is 1. The molecule has 0 amide bonds. The van der Waals surface area contributed by atoms with Gasteiger partial charge in [0.1, 0.15) is 5.78 Å². The van der Waals surface area contributed by atoms with E-state index in [4.69, 9.17) is 13.0 Å². The van der Waals surface area contributed by atoms with Crippen molar-refractivity contribution in [1.82, 2.24) is 0 Å². The molecule has 2 atom stereocenters. The van der Waals surface area contributed by atoms with Crippen LogP contribution in [-0.2, 0) is 33.2 Å². The second-order valence-corrected chi connectivity index (χ2v) is 9.64. The number of hydrogen-bond acceptors (Lipinski definition) is 3. The number of benzene rings is 2. The topological polar surface area (TPSA) is 71.4 Å². The number of ketones is 1. The van der Waals surface area contributed by atoms with Crippen LogP contribution in [0, 0.1) is 5.92 Å². The van der Waals surface area contributed by atoms with Gasteiger partial charge < -0.3 is 0 Å². The van der Waals surface area contributed by atoms with Crippen molar-refractivity contribution in [3.8, 4) is 0 Å². The van der Waals surface area contributed by atoms with Gasteiger partial charge >= 0.3 is 15.6 Å². The van der Waals surface area contributed by atoms with Crippen LogP contribution in [0.3, 0.4) is 0 Å². The smallest absolute Gasteiger partial charge is 0.300 e. The van der Waals surface area contributed by atoms with Crippen molar-refractivity contribution in [2.24, 2.45) is 5.92 Å². The molecular weight excluding hydrogens is 429 g/mol. The van der Waals surface area contributed by atoms with Gasteiger partial charge in [0, 0.05) is 18.3 Å². The number of alkyl halides is 3. The van der Waals surface area contributed by atoms with E-state index in [-0.39, 0.29) is 5.41 Å². The zero-order valence-electron chi connectivity index (χ0n) is 16.9. The van der Waals surface area contributed by atoms with E-state index in [1.54, 1.807) is 0 Å². The number of halogens is 3. The summed E-state index contributed by atoms with van der Waals surface area (Å²) in [5, 5.41) is 0. The van der Waals surface area contributed by atoms with Gasteiger partial charge in [0.05, 0.1) is 0 Å². The number of aryl methyl sites for hydroxylation is 1. The Bertz CT molecular complexity index is 1020. The predicted molar refractivity (Wildman–Crippen MR) is 111 cm³/mol. The van der Waals surface area contributed by atoms with E-state index in [0.29, 0.717) is 11.7 Å². The minimum atomic E-state index is -5.84. The first-order valence-corrected chi connectivity index (χ1v) is 11.6. The lowest BCUT2D eigenvalue weighted by atomic mass is 9.59. The standard InChI is InChI=1S/C22H24O.CHF3O3S/c23-20-13-14-22(16-17-7-2-1-3-8-17)19(15-20)11-6-10-18-9-4-5-12-21(18)22;2-1(3,4)8(5,6)7/h1-5,7-9,12,19H,6,10-11,13-16H2;(H,5,6,7)/t19-,22-;/m0./s1. The molecule has 4 nitrogen and oxygen atoms in total. The van der Waals surface area contributed by atoms with Crippen LogP contribution in [0.15, 0.2) is 54.6 Å². The first kappa shape index (κ1) is 23.5. The maximum atomic E-state index is 12.1. The summed E-state index contributed by atoms with van der Waals surface area (Å²) >= 11 is 0. The van der Waals surface area contributed by atoms with Crippen LogP contribution >= 0.6 is 0 Å². The summed E-state index contributed by atoms with van der Waals surface area (Å²) in [6.45, 7) is 0. The highest BCUT2D eigenvalue weighted by molar-refractivity contribution is 7.86. The molecule has 0 heterocycles. The van der Waals surface area contributed by atoms with E-state index in [2.05, 4.69) is 54.6 Å². The van der Waals surface area contributed by atoms with E-state index < -0.39 is 15.6 Å². The maximum absolute atomic E-state index is 12.1. The molecule has 0 bridgehead atoms. The molecule has 0 unspecified atom stereocenters. The van der Waals surface area contributed by atoms with Gasteiger partial charge in [0.25, 0.3) is 0 Å². The Labute approximate surface area is 180 Å². The summed E-state index contributed by atoms with van der Waals surface area (Å²) in [5.41, 5.74) is -0.933. The molecule has 2 aromatic carbocycles. The first-order chi connectivity index (χ1) is 14.5. The van der Waals surface area contributed by atoms with Crippen LogP contribution in [0.25, 0.3) is 0 Å². The third kappa shape index (κ3) is 5.36. The Morgan fingerprint density at radius 1 is 1.00 bits per heavy atom. The number of hydrogen-bond donors (Lipinski definition) is 1. The fourth-order valence-corrected chi connectivity index (χ4v) is 4.92. The number of rotatable bonds is 2. The zero-order valence-corrected chi connectivity index (χ0v) is 17.8. The molecule has 4 rings (SSSR count). The molecule has 8 heteroatoms. The molecule has 2 aliphatic rings. The van der Waals surface area contributed by atoms with Crippen molar-refractivity contribution in [2.45, 2.75) is 55.9 Å². The SMILES string of the molecule is O=C1CC[C@@]2(Cc3ccccc3)c3ccccc3CCC[C@H]2C1.O=S(=O)(O)C(F)(F)F. The monoisotopic (exact) mass is 454 g/mol. The molecule has 0 saturated heterocycles. The van der Waals surface area contributed by atoms with Crippen LogP contribution in [0.5, 0.6) is 0 Å². The quantitative estimate of drug-likeness (QED) is 0.496. The average Bonchev–Trinajstić information content (AvgIpc) is 2.85. The van der Waals surface area contributed by atoms with Crippen LogP contribution in [0.2, 0.25) is 0 Å². The summed E-state index contributed by atoms with van der Waals surface area (Å²) in [4.78, 5) is 12.1. The lowest BCUT2D eigenvalue weighted by molar-refractivity contribution is -0.123. The van der Waals surface area contributed by atoms with Crippen LogP contribution in [-0.4, -0.2) is 24.3 Å². The number of fused-ring (bicyclic) bond motifs is 3. The lowest BCUT2D eigenvalue weighted by Crippen LogP contribution is -2.42. The molecule has 168 valence electrons. The summed E-state index contributed by atoms with van der Waals surface area (Å²) in [6, 6.07) is 19.9. The van der Waals surface area contributed by atoms with Crippen LogP contribution in [0.1, 0.15) is 48.8 Å². The van der Waals surface area contributed by atoms with Gasteiger partial charge in [-0.05, 0) is 54.7 Å². The van der Waals surface area contributed by atoms with Gasteiger partial charge in [-0.25, -0.2) is 0 Å². The molecule has 1 N–H and O–H groups in total. The normalized spacial score (nSPS) is 23.6. The zero-order chi connectivity index (χ0) is 22.7. The van der Waals surface area contributed by atoms with Gasteiger partial charge in [0.2, 0.25) is 0 Å². The largest absolute Gasteiger partial charge is 0.522 e. The Balaban J connectivity index is 0.000000293. The molecule has 0 radical (unpaired) electrons. The first-order valence-electron chi connectivity index (χ1n) is 10.2. The Morgan fingerprint density at radius 3 is 2.26 bits per heavy atom. The average molecular weight is 455 g/mol. The second kappa shape index (κ2) is 9.12. The van der Waals surface area contributed by atoms with Crippen molar-refractivity contribution < 1.29 is 30.9 Å². The fraction of sp³-hybridized carbons (Fsp3) is 0.435. The molecule has 2 aromatic rings. The molecule has 0 aliphatic heterocycles. The Hall–Kier alpha value is -2.19. The van der Waals surface area contributed by atoms with Crippen molar-refractivity contribution in [3.05, 3.63) is 71.3 Å². The molecule has 0 spiro atoms. The maximum Gasteiger partial charge on any atom is 0.522 e. The van der Waals surface area contributed by atoms with Gasteiger partial charge in [-0.2, -0.15) is 21.6 Å². The third-order valence-corrected chi connectivity index (χ3v) is 6.90. The molecule has 0 aromatic heterocycles. The van der Waals surface area contributed by atoms with Crippen molar-refractivity contribution >= 4 is 15.9 Å². The predicted octanol–water partition coefficient (Wildman–Crippen LogP) is 5.27. The van der Waals surface area contributed by atoms with Crippen molar-refractivity contribution in [3.63, 3.8) is 0 Å². The number of carbonyl (C=O) groups is 1. The molecule has 31 heavy (non-hydrogen) atoms.